The number of rotatable bonds is 6. The van der Waals surface area contributed by atoms with E-state index in [0.29, 0.717) is 5.69 Å². The zero-order chi connectivity index (χ0) is 18.9. The summed E-state index contributed by atoms with van der Waals surface area (Å²) in [7, 11) is 0. The highest BCUT2D eigenvalue weighted by molar-refractivity contribution is 6.00. The van der Waals surface area contributed by atoms with Crippen LogP contribution in [0.2, 0.25) is 0 Å². The number of aliphatic hydroxyl groups is 1. The van der Waals surface area contributed by atoms with Gasteiger partial charge in [-0.15, -0.1) is 5.10 Å². The molecule has 0 atom stereocenters. The van der Waals surface area contributed by atoms with E-state index >= 15 is 0 Å². The third kappa shape index (κ3) is 4.84. The minimum absolute atomic E-state index is 0.0547. The molecule has 0 fully saturated rings. The molecule has 1 heterocycles. The van der Waals surface area contributed by atoms with Crippen LogP contribution in [-0.2, 0) is 6.61 Å². The fraction of sp³-hybridized carbons (Fsp3) is 0.158. The van der Waals surface area contributed by atoms with Gasteiger partial charge >= 0.3 is 0 Å². The second-order valence-electron chi connectivity index (χ2n) is 5.37. The highest BCUT2D eigenvalue weighted by Gasteiger charge is 2.10. The molecule has 134 valence electrons. The molecule has 0 bridgehead atoms. The number of hydrogen-bond donors (Lipinski definition) is 3. The van der Waals surface area contributed by atoms with Gasteiger partial charge in [0.2, 0.25) is 0 Å². The van der Waals surface area contributed by atoms with Gasteiger partial charge in [-0.05, 0) is 31.1 Å². The van der Waals surface area contributed by atoms with E-state index in [1.165, 1.54) is 0 Å². The molecule has 1 aromatic carbocycles. The van der Waals surface area contributed by atoms with Crippen molar-refractivity contribution in [2.75, 3.05) is 5.73 Å². The Kier molecular flexibility index (Phi) is 6.75. The lowest BCUT2D eigenvalue weighted by Gasteiger charge is -2.07. The zero-order valence-electron chi connectivity index (χ0n) is 14.8. The topological polar surface area (TPSA) is 123 Å². The number of nitrogens with two attached hydrogens (primary N) is 2. The summed E-state index contributed by atoms with van der Waals surface area (Å²) in [5.41, 5.74) is 15.2. The summed E-state index contributed by atoms with van der Waals surface area (Å²) in [6, 6.07) is 7.35. The summed E-state index contributed by atoms with van der Waals surface area (Å²) in [6.45, 7) is 3.77. The average Bonchev–Trinajstić information content (AvgIpc) is 2.67. The van der Waals surface area contributed by atoms with Crippen LogP contribution in [0.5, 0.6) is 0 Å². The van der Waals surface area contributed by atoms with E-state index < -0.39 is 0 Å². The third-order valence-corrected chi connectivity index (χ3v) is 3.51. The van der Waals surface area contributed by atoms with Crippen LogP contribution in [0.25, 0.3) is 11.3 Å². The molecule has 0 aliphatic rings. The van der Waals surface area contributed by atoms with Crippen molar-refractivity contribution in [2.24, 2.45) is 15.9 Å². The Bertz CT molecular complexity index is 883. The largest absolute Gasteiger partial charge is 0.392 e. The van der Waals surface area contributed by atoms with Crippen LogP contribution in [0.1, 0.15) is 25.1 Å². The fourth-order valence-corrected chi connectivity index (χ4v) is 2.17. The van der Waals surface area contributed by atoms with E-state index in [1.807, 2.05) is 56.3 Å². The van der Waals surface area contributed by atoms with Crippen LogP contribution in [0, 0.1) is 0 Å². The van der Waals surface area contributed by atoms with E-state index in [0.717, 1.165) is 16.7 Å². The Labute approximate surface area is 152 Å². The van der Waals surface area contributed by atoms with E-state index in [1.54, 1.807) is 12.4 Å². The molecule has 0 aliphatic heterocycles. The molecule has 7 heteroatoms. The van der Waals surface area contributed by atoms with Crippen molar-refractivity contribution < 1.29 is 5.11 Å². The standard InChI is InChI=1S/C19H22N6O/c1-3-6-13(4-2)10-23-25-19(21)17-18(20)22-11-16(24-17)15-8-5-7-14(9-15)12-26/h3-11,26H,12H2,1-2H3,(H2,20,22)(H2,21,25)/b6-3-,13-4+,23-10+. The smallest absolute Gasteiger partial charge is 0.175 e. The molecule has 2 aromatic rings. The van der Waals surface area contributed by atoms with Gasteiger partial charge in [0.1, 0.15) is 5.69 Å². The molecule has 0 saturated carbocycles. The van der Waals surface area contributed by atoms with Crippen LogP contribution < -0.4 is 11.5 Å². The molecule has 0 amide bonds. The molecule has 1 aromatic heterocycles. The maximum atomic E-state index is 9.28. The first-order chi connectivity index (χ1) is 12.6. The molecule has 0 unspecified atom stereocenters. The van der Waals surface area contributed by atoms with Crippen molar-refractivity contribution in [3.05, 3.63) is 65.5 Å². The summed E-state index contributed by atoms with van der Waals surface area (Å²) in [4.78, 5) is 8.58. The van der Waals surface area contributed by atoms with E-state index in [2.05, 4.69) is 20.2 Å². The van der Waals surface area contributed by atoms with Crippen LogP contribution in [-0.4, -0.2) is 27.1 Å². The van der Waals surface area contributed by atoms with E-state index in [4.69, 9.17) is 11.5 Å². The van der Waals surface area contributed by atoms with Gasteiger partial charge in [-0.25, -0.2) is 9.97 Å². The third-order valence-electron chi connectivity index (χ3n) is 3.51. The Balaban J connectivity index is 2.34. The number of aliphatic hydroxyl groups excluding tert-OH is 1. The second-order valence-corrected chi connectivity index (χ2v) is 5.37. The predicted octanol–water partition coefficient (Wildman–Crippen LogP) is 2.43. The van der Waals surface area contributed by atoms with Crippen molar-refractivity contribution in [3.8, 4) is 11.3 Å². The Hall–Kier alpha value is -3.32. The molecule has 2 rings (SSSR count). The normalized spacial score (nSPS) is 13.0. The number of nitrogens with zero attached hydrogens (tertiary/aromatic N) is 4. The van der Waals surface area contributed by atoms with Crippen LogP contribution in [0.15, 0.2) is 64.5 Å². The van der Waals surface area contributed by atoms with Crippen LogP contribution in [0.4, 0.5) is 5.82 Å². The number of benzene rings is 1. The van der Waals surface area contributed by atoms with Crippen molar-refractivity contribution in [2.45, 2.75) is 20.5 Å². The van der Waals surface area contributed by atoms with Crippen molar-refractivity contribution in [1.82, 2.24) is 9.97 Å². The quantitative estimate of drug-likeness (QED) is 0.319. The minimum atomic E-state index is -0.0547. The van der Waals surface area contributed by atoms with Gasteiger partial charge in [0.05, 0.1) is 24.7 Å². The summed E-state index contributed by atoms with van der Waals surface area (Å²) in [6.07, 6.45) is 8.85. The Morgan fingerprint density at radius 3 is 2.81 bits per heavy atom. The van der Waals surface area contributed by atoms with Gasteiger partial charge in [-0.3, -0.25) is 0 Å². The SMILES string of the molecule is C\C=C/C(/C=N/N=C(\N)c1nc(-c2cccc(CO)c2)cnc1N)=C\C. The molecule has 7 nitrogen and oxygen atoms in total. The summed E-state index contributed by atoms with van der Waals surface area (Å²) in [5, 5.41) is 17.2. The maximum absolute atomic E-state index is 9.28. The lowest BCUT2D eigenvalue weighted by molar-refractivity contribution is 0.282. The molecule has 0 saturated heterocycles. The molecule has 0 aliphatic carbocycles. The molecule has 5 N–H and O–H groups in total. The predicted molar refractivity (Wildman–Crippen MR) is 106 cm³/mol. The van der Waals surface area contributed by atoms with Gasteiger partial charge in [0.15, 0.2) is 11.7 Å². The highest BCUT2D eigenvalue weighted by Crippen LogP contribution is 2.19. The van der Waals surface area contributed by atoms with Gasteiger partial charge in [-0.1, -0.05) is 36.4 Å². The summed E-state index contributed by atoms with van der Waals surface area (Å²) < 4.78 is 0. The fourth-order valence-electron chi connectivity index (χ4n) is 2.17. The van der Waals surface area contributed by atoms with Crippen LogP contribution >= 0.6 is 0 Å². The Morgan fingerprint density at radius 2 is 2.12 bits per heavy atom. The maximum Gasteiger partial charge on any atom is 0.175 e. The van der Waals surface area contributed by atoms with Crippen molar-refractivity contribution >= 4 is 17.9 Å². The minimum Gasteiger partial charge on any atom is -0.392 e. The lowest BCUT2D eigenvalue weighted by atomic mass is 10.1. The lowest BCUT2D eigenvalue weighted by Crippen LogP contribution is -2.18. The first-order valence-electron chi connectivity index (χ1n) is 8.07. The number of anilines is 1. The number of nitrogen functional groups attached to an aromatic ring is 1. The number of amidine groups is 1. The van der Waals surface area contributed by atoms with Gasteiger partial charge in [0, 0.05) is 5.56 Å². The van der Waals surface area contributed by atoms with Gasteiger partial charge in [0.25, 0.3) is 0 Å². The van der Waals surface area contributed by atoms with Crippen LogP contribution in [0.3, 0.4) is 0 Å². The molecule has 0 spiro atoms. The summed E-state index contributed by atoms with van der Waals surface area (Å²) in [5.74, 6) is 0.241. The highest BCUT2D eigenvalue weighted by atomic mass is 16.3. The molecular formula is C19H22N6O. The number of aromatic nitrogens is 2. The summed E-state index contributed by atoms with van der Waals surface area (Å²) >= 11 is 0. The molecule has 0 radical (unpaired) electrons. The van der Waals surface area contributed by atoms with E-state index in [-0.39, 0.29) is 24.0 Å². The zero-order valence-corrected chi connectivity index (χ0v) is 14.8. The average molecular weight is 350 g/mol. The van der Waals surface area contributed by atoms with Crippen molar-refractivity contribution in [1.29, 1.82) is 0 Å². The monoisotopic (exact) mass is 350 g/mol. The number of allylic oxidation sites excluding steroid dienone is 4. The molecule has 26 heavy (non-hydrogen) atoms. The first-order valence-corrected chi connectivity index (χ1v) is 8.07. The second kappa shape index (κ2) is 9.24. The molecular weight excluding hydrogens is 328 g/mol. The van der Waals surface area contributed by atoms with Crippen molar-refractivity contribution in [3.63, 3.8) is 0 Å². The van der Waals surface area contributed by atoms with E-state index in [9.17, 15) is 5.11 Å². The Morgan fingerprint density at radius 1 is 1.31 bits per heavy atom. The first kappa shape index (κ1) is 19.0. The van der Waals surface area contributed by atoms with Gasteiger partial charge in [-0.2, -0.15) is 5.10 Å². The number of hydrogen-bond acceptors (Lipinski definition) is 6. The van der Waals surface area contributed by atoms with Gasteiger partial charge < -0.3 is 16.6 Å².